The molecular formula is C15H14BrNO3S. The van der Waals surface area contributed by atoms with Crippen LogP contribution in [0.1, 0.15) is 28.2 Å². The number of hydrogen-bond donors (Lipinski definition) is 1. The van der Waals surface area contributed by atoms with Crippen molar-refractivity contribution in [2.24, 2.45) is 0 Å². The maximum Gasteiger partial charge on any atom is 0.338 e. The standard InChI is InChI=1S/C15H14BrNO3S/c1-10(13-6-3-7-21-13)17-14(18)9-20-15(19)11-4-2-5-12(16)8-11/h2-8,10H,9H2,1H3,(H,17,18)/t10-/m0/s1. The molecule has 6 heteroatoms. The Morgan fingerprint density at radius 1 is 1.33 bits per heavy atom. The quantitative estimate of drug-likeness (QED) is 0.822. The summed E-state index contributed by atoms with van der Waals surface area (Å²) >= 11 is 4.85. The topological polar surface area (TPSA) is 55.4 Å². The van der Waals surface area contributed by atoms with Gasteiger partial charge in [-0.05, 0) is 36.6 Å². The minimum Gasteiger partial charge on any atom is -0.452 e. The van der Waals surface area contributed by atoms with Crippen LogP contribution >= 0.6 is 27.3 Å². The third-order valence-corrected chi connectivity index (χ3v) is 4.29. The smallest absolute Gasteiger partial charge is 0.338 e. The van der Waals surface area contributed by atoms with E-state index in [1.54, 1.807) is 29.5 Å². The molecule has 4 nitrogen and oxygen atoms in total. The van der Waals surface area contributed by atoms with Crippen LogP contribution in [0.4, 0.5) is 0 Å². The molecular weight excluding hydrogens is 354 g/mol. The number of halogens is 1. The van der Waals surface area contributed by atoms with E-state index in [0.29, 0.717) is 5.56 Å². The summed E-state index contributed by atoms with van der Waals surface area (Å²) in [5.74, 6) is -0.838. The number of rotatable bonds is 5. The Kier molecular flexibility index (Phi) is 5.52. The Labute approximate surface area is 135 Å². The number of thiophene rings is 1. The molecule has 1 N–H and O–H groups in total. The summed E-state index contributed by atoms with van der Waals surface area (Å²) in [7, 11) is 0. The SMILES string of the molecule is C[C@H](NC(=O)COC(=O)c1cccc(Br)c1)c1cccs1. The van der Waals surface area contributed by atoms with Gasteiger partial charge in [0.15, 0.2) is 6.61 Å². The van der Waals surface area contributed by atoms with Crippen LogP contribution in [0.15, 0.2) is 46.3 Å². The van der Waals surface area contributed by atoms with Gasteiger partial charge in [-0.25, -0.2) is 4.79 Å². The fourth-order valence-electron chi connectivity index (χ4n) is 1.72. The first kappa shape index (κ1) is 15.7. The van der Waals surface area contributed by atoms with Crippen LogP contribution < -0.4 is 5.32 Å². The molecule has 0 aliphatic carbocycles. The largest absolute Gasteiger partial charge is 0.452 e. The zero-order valence-corrected chi connectivity index (χ0v) is 13.7. The zero-order chi connectivity index (χ0) is 15.2. The Morgan fingerprint density at radius 3 is 2.81 bits per heavy atom. The van der Waals surface area contributed by atoms with E-state index >= 15 is 0 Å². The van der Waals surface area contributed by atoms with E-state index in [9.17, 15) is 9.59 Å². The van der Waals surface area contributed by atoms with Crippen LogP contribution in [0.5, 0.6) is 0 Å². The van der Waals surface area contributed by atoms with Crippen molar-refractivity contribution >= 4 is 39.1 Å². The van der Waals surface area contributed by atoms with Gasteiger partial charge in [-0.1, -0.05) is 28.1 Å². The van der Waals surface area contributed by atoms with Crippen LogP contribution in [0.25, 0.3) is 0 Å². The summed E-state index contributed by atoms with van der Waals surface area (Å²) in [6.45, 7) is 1.60. The van der Waals surface area contributed by atoms with Gasteiger partial charge in [0.05, 0.1) is 11.6 Å². The molecule has 0 saturated carbocycles. The number of carbonyl (C=O) groups is 2. The van der Waals surface area contributed by atoms with Gasteiger partial charge in [-0.15, -0.1) is 11.3 Å². The highest BCUT2D eigenvalue weighted by Gasteiger charge is 2.13. The fraction of sp³-hybridized carbons (Fsp3) is 0.200. The van der Waals surface area contributed by atoms with Gasteiger partial charge in [0.1, 0.15) is 0 Å². The van der Waals surface area contributed by atoms with Crippen LogP contribution in [-0.4, -0.2) is 18.5 Å². The number of ether oxygens (including phenoxy) is 1. The number of esters is 1. The predicted molar refractivity (Wildman–Crippen MR) is 85.3 cm³/mol. The van der Waals surface area contributed by atoms with Gasteiger partial charge in [-0.3, -0.25) is 4.79 Å². The molecule has 0 aliphatic rings. The second-order valence-electron chi connectivity index (χ2n) is 4.39. The van der Waals surface area contributed by atoms with E-state index < -0.39 is 5.97 Å². The molecule has 1 aromatic carbocycles. The van der Waals surface area contributed by atoms with Crippen molar-refractivity contribution in [1.29, 1.82) is 0 Å². The maximum absolute atomic E-state index is 11.8. The van der Waals surface area contributed by atoms with E-state index in [1.807, 2.05) is 30.5 Å². The average molecular weight is 368 g/mol. The summed E-state index contributed by atoms with van der Waals surface area (Å²) in [6, 6.07) is 10.6. The number of carbonyl (C=O) groups excluding carboxylic acids is 2. The van der Waals surface area contributed by atoms with E-state index in [-0.39, 0.29) is 18.6 Å². The molecule has 110 valence electrons. The van der Waals surface area contributed by atoms with Crippen molar-refractivity contribution in [2.75, 3.05) is 6.61 Å². The fourth-order valence-corrected chi connectivity index (χ4v) is 2.86. The lowest BCUT2D eigenvalue weighted by Crippen LogP contribution is -2.30. The van der Waals surface area contributed by atoms with Gasteiger partial charge < -0.3 is 10.1 Å². The normalized spacial score (nSPS) is 11.7. The second kappa shape index (κ2) is 7.38. The molecule has 2 aromatic rings. The van der Waals surface area contributed by atoms with Crippen LogP contribution in [-0.2, 0) is 9.53 Å². The number of nitrogens with one attached hydrogen (secondary N) is 1. The maximum atomic E-state index is 11.8. The number of hydrogen-bond acceptors (Lipinski definition) is 4. The van der Waals surface area contributed by atoms with E-state index in [4.69, 9.17) is 4.74 Å². The molecule has 0 unspecified atom stereocenters. The molecule has 0 radical (unpaired) electrons. The van der Waals surface area contributed by atoms with Crippen molar-refractivity contribution in [3.05, 3.63) is 56.7 Å². The Morgan fingerprint density at radius 2 is 2.14 bits per heavy atom. The Balaban J connectivity index is 1.82. The Hall–Kier alpha value is -1.66. The zero-order valence-electron chi connectivity index (χ0n) is 11.3. The third kappa shape index (κ3) is 4.68. The summed E-state index contributed by atoms with van der Waals surface area (Å²) in [4.78, 5) is 24.6. The molecule has 2 rings (SSSR count). The molecule has 1 atom stereocenters. The molecule has 0 saturated heterocycles. The van der Waals surface area contributed by atoms with Crippen LogP contribution in [0.3, 0.4) is 0 Å². The minimum atomic E-state index is -0.518. The Bertz CT molecular complexity index is 628. The summed E-state index contributed by atoms with van der Waals surface area (Å²) in [5.41, 5.74) is 0.406. The molecule has 0 aliphatic heterocycles. The van der Waals surface area contributed by atoms with Gasteiger partial charge in [-0.2, -0.15) is 0 Å². The molecule has 1 heterocycles. The van der Waals surface area contributed by atoms with E-state index in [1.165, 1.54) is 0 Å². The molecule has 0 bridgehead atoms. The number of benzene rings is 1. The van der Waals surface area contributed by atoms with Crippen molar-refractivity contribution in [1.82, 2.24) is 5.32 Å². The highest BCUT2D eigenvalue weighted by molar-refractivity contribution is 9.10. The summed E-state index contributed by atoms with van der Waals surface area (Å²) in [5, 5.41) is 4.74. The minimum absolute atomic E-state index is 0.0953. The van der Waals surface area contributed by atoms with Crippen molar-refractivity contribution in [2.45, 2.75) is 13.0 Å². The second-order valence-corrected chi connectivity index (χ2v) is 6.29. The van der Waals surface area contributed by atoms with Crippen molar-refractivity contribution in [3.8, 4) is 0 Å². The van der Waals surface area contributed by atoms with Crippen molar-refractivity contribution in [3.63, 3.8) is 0 Å². The summed E-state index contributed by atoms with van der Waals surface area (Å²) < 4.78 is 5.78. The van der Waals surface area contributed by atoms with Gasteiger partial charge in [0.2, 0.25) is 0 Å². The van der Waals surface area contributed by atoms with Gasteiger partial charge in [0.25, 0.3) is 5.91 Å². The monoisotopic (exact) mass is 367 g/mol. The molecule has 21 heavy (non-hydrogen) atoms. The lowest BCUT2D eigenvalue weighted by Gasteiger charge is -2.12. The molecule has 0 spiro atoms. The molecule has 1 aromatic heterocycles. The summed E-state index contributed by atoms with van der Waals surface area (Å²) in [6.07, 6.45) is 0. The van der Waals surface area contributed by atoms with Crippen LogP contribution in [0.2, 0.25) is 0 Å². The highest BCUT2D eigenvalue weighted by atomic mass is 79.9. The van der Waals surface area contributed by atoms with Gasteiger partial charge in [0, 0.05) is 9.35 Å². The first-order chi connectivity index (χ1) is 10.1. The lowest BCUT2D eigenvalue weighted by atomic mass is 10.2. The predicted octanol–water partition coefficient (Wildman–Crippen LogP) is 3.54. The van der Waals surface area contributed by atoms with Crippen LogP contribution in [0, 0.1) is 0 Å². The highest BCUT2D eigenvalue weighted by Crippen LogP contribution is 2.18. The van der Waals surface area contributed by atoms with E-state index in [0.717, 1.165) is 9.35 Å². The van der Waals surface area contributed by atoms with E-state index in [2.05, 4.69) is 21.2 Å². The first-order valence-electron chi connectivity index (χ1n) is 6.31. The van der Waals surface area contributed by atoms with Gasteiger partial charge >= 0.3 is 5.97 Å². The molecule has 0 fully saturated rings. The molecule has 1 amide bonds. The third-order valence-electron chi connectivity index (χ3n) is 2.74. The number of amides is 1. The van der Waals surface area contributed by atoms with Crippen molar-refractivity contribution < 1.29 is 14.3 Å². The lowest BCUT2D eigenvalue weighted by molar-refractivity contribution is -0.124. The first-order valence-corrected chi connectivity index (χ1v) is 7.99. The average Bonchev–Trinajstić information content (AvgIpc) is 2.99.